The van der Waals surface area contributed by atoms with Gasteiger partial charge in [-0.05, 0) is 54.6 Å². The molecule has 7 nitrogen and oxygen atoms in total. The first-order valence-electron chi connectivity index (χ1n) is 9.21. The molecule has 0 saturated carbocycles. The summed E-state index contributed by atoms with van der Waals surface area (Å²) in [5.74, 6) is -0.319. The lowest BCUT2D eigenvalue weighted by Gasteiger charge is -2.10. The number of nitriles is 1. The van der Waals surface area contributed by atoms with Crippen LogP contribution in [0.2, 0.25) is 0 Å². The quantitative estimate of drug-likeness (QED) is 0.511. The molecule has 10 heteroatoms. The molecule has 0 saturated heterocycles. The van der Waals surface area contributed by atoms with Crippen LogP contribution in [0.15, 0.2) is 73.2 Å². The Morgan fingerprint density at radius 3 is 2.44 bits per heavy atom. The number of pyridine rings is 2. The molecule has 0 aliphatic rings. The third-order valence-corrected chi connectivity index (χ3v) is 4.47. The second-order valence-electron chi connectivity index (χ2n) is 6.61. The first-order valence-corrected chi connectivity index (χ1v) is 9.21. The van der Waals surface area contributed by atoms with Gasteiger partial charge in [-0.15, -0.1) is 0 Å². The second-order valence-corrected chi connectivity index (χ2v) is 6.61. The van der Waals surface area contributed by atoms with Crippen LogP contribution >= 0.6 is 0 Å². The van der Waals surface area contributed by atoms with Crippen molar-refractivity contribution in [2.24, 2.45) is 0 Å². The van der Waals surface area contributed by atoms with E-state index in [-0.39, 0.29) is 17.2 Å². The average molecular weight is 434 g/mol. The summed E-state index contributed by atoms with van der Waals surface area (Å²) in [5.41, 5.74) is 0.382. The predicted octanol–water partition coefficient (Wildman–Crippen LogP) is 4.47. The van der Waals surface area contributed by atoms with Crippen LogP contribution in [0.25, 0.3) is 16.9 Å². The normalized spacial score (nSPS) is 11.1. The molecule has 0 bridgehead atoms. The summed E-state index contributed by atoms with van der Waals surface area (Å²) in [6.45, 7) is 0. The van der Waals surface area contributed by atoms with Crippen LogP contribution in [-0.4, -0.2) is 25.7 Å². The van der Waals surface area contributed by atoms with E-state index in [1.165, 1.54) is 55.0 Å². The predicted molar refractivity (Wildman–Crippen MR) is 109 cm³/mol. The number of hydrogen-bond acceptors (Lipinski definition) is 5. The Bertz CT molecular complexity index is 1290. The first-order chi connectivity index (χ1) is 15.3. The van der Waals surface area contributed by atoms with E-state index in [1.807, 2.05) is 6.07 Å². The van der Waals surface area contributed by atoms with Crippen LogP contribution in [-0.2, 0) is 6.18 Å². The summed E-state index contributed by atoms with van der Waals surface area (Å²) < 4.78 is 41.5. The average Bonchev–Trinajstić information content (AvgIpc) is 3.26. The Morgan fingerprint density at radius 2 is 1.84 bits per heavy atom. The zero-order valence-electron chi connectivity index (χ0n) is 16.2. The molecule has 0 radical (unpaired) electrons. The van der Waals surface area contributed by atoms with Gasteiger partial charge in [0.15, 0.2) is 0 Å². The van der Waals surface area contributed by atoms with E-state index in [0.717, 1.165) is 10.7 Å². The molecule has 3 heterocycles. The molecule has 1 amide bonds. The number of halogens is 3. The van der Waals surface area contributed by atoms with Gasteiger partial charge in [0.25, 0.3) is 5.91 Å². The Kier molecular flexibility index (Phi) is 5.39. The Balaban J connectivity index is 1.60. The summed E-state index contributed by atoms with van der Waals surface area (Å²) >= 11 is 0. The molecule has 0 aliphatic carbocycles. The van der Waals surface area contributed by atoms with Gasteiger partial charge < -0.3 is 5.32 Å². The van der Waals surface area contributed by atoms with Gasteiger partial charge >= 0.3 is 6.18 Å². The molecule has 4 rings (SSSR count). The summed E-state index contributed by atoms with van der Waals surface area (Å²) in [6, 6.07) is 14.8. The number of aromatic nitrogens is 4. The van der Waals surface area contributed by atoms with Crippen molar-refractivity contribution in [2.75, 3.05) is 5.32 Å². The molecular formula is C22H13F3N6O. The highest BCUT2D eigenvalue weighted by atomic mass is 19.4. The van der Waals surface area contributed by atoms with Gasteiger partial charge in [0, 0.05) is 23.5 Å². The van der Waals surface area contributed by atoms with Crippen molar-refractivity contribution < 1.29 is 18.0 Å². The molecule has 0 fully saturated rings. The lowest BCUT2D eigenvalue weighted by Crippen LogP contribution is -2.15. The molecule has 32 heavy (non-hydrogen) atoms. The molecule has 158 valence electrons. The number of nitrogens with zero attached hydrogens (tertiary/aromatic N) is 5. The number of alkyl halides is 3. The van der Waals surface area contributed by atoms with Crippen LogP contribution in [0.1, 0.15) is 21.6 Å². The fourth-order valence-electron chi connectivity index (χ4n) is 2.91. The molecule has 1 aromatic carbocycles. The Morgan fingerprint density at radius 1 is 1.06 bits per heavy atom. The van der Waals surface area contributed by atoms with E-state index in [0.29, 0.717) is 16.7 Å². The van der Waals surface area contributed by atoms with Gasteiger partial charge in [-0.2, -0.15) is 23.5 Å². The number of carbonyl (C=O) groups is 1. The van der Waals surface area contributed by atoms with Crippen LogP contribution in [0.4, 0.5) is 19.0 Å². The number of carbonyl (C=O) groups excluding carboxylic acids is 1. The van der Waals surface area contributed by atoms with Crippen molar-refractivity contribution in [1.82, 2.24) is 19.7 Å². The number of benzene rings is 1. The number of anilines is 1. The number of rotatable bonds is 4. The minimum Gasteiger partial charge on any atom is -0.307 e. The molecule has 0 aliphatic heterocycles. The van der Waals surface area contributed by atoms with Crippen LogP contribution in [0, 0.1) is 11.3 Å². The van der Waals surface area contributed by atoms with Gasteiger partial charge in [0.1, 0.15) is 11.5 Å². The largest absolute Gasteiger partial charge is 0.433 e. The standard InChI is InChI=1S/C22H13F3N6O/c23-22(24,25)19-10-18(16-2-1-9-27-12-16)30-31(19)17-7-8-20(28-13-17)29-21(32)15-5-3-14(11-26)4-6-15/h1-10,12-13H,(H,28,29,32). The maximum Gasteiger partial charge on any atom is 0.433 e. The summed E-state index contributed by atoms with van der Waals surface area (Å²) in [5, 5.41) is 15.4. The summed E-state index contributed by atoms with van der Waals surface area (Å²) in [7, 11) is 0. The van der Waals surface area contributed by atoms with Gasteiger partial charge in [0.2, 0.25) is 0 Å². The number of nitrogens with one attached hydrogen (secondary N) is 1. The maximum absolute atomic E-state index is 13.6. The summed E-state index contributed by atoms with van der Waals surface area (Å²) in [4.78, 5) is 20.3. The first kappa shape index (κ1) is 20.7. The second kappa shape index (κ2) is 8.31. The smallest absolute Gasteiger partial charge is 0.307 e. The minimum atomic E-state index is -4.64. The van der Waals surface area contributed by atoms with Crippen molar-refractivity contribution in [3.8, 4) is 23.0 Å². The third-order valence-electron chi connectivity index (χ3n) is 4.47. The van der Waals surface area contributed by atoms with Crippen molar-refractivity contribution in [1.29, 1.82) is 5.26 Å². The van der Waals surface area contributed by atoms with Crippen LogP contribution in [0.3, 0.4) is 0 Å². The molecule has 0 atom stereocenters. The van der Waals surface area contributed by atoms with Crippen molar-refractivity contribution in [2.45, 2.75) is 6.18 Å². The maximum atomic E-state index is 13.6. The van der Waals surface area contributed by atoms with Gasteiger partial charge in [-0.3, -0.25) is 9.78 Å². The number of hydrogen-bond donors (Lipinski definition) is 1. The van der Waals surface area contributed by atoms with Crippen LogP contribution < -0.4 is 5.32 Å². The van der Waals surface area contributed by atoms with E-state index in [4.69, 9.17) is 5.26 Å². The Hall–Kier alpha value is -4.52. The molecular weight excluding hydrogens is 421 g/mol. The highest BCUT2D eigenvalue weighted by Gasteiger charge is 2.36. The molecule has 3 aromatic heterocycles. The highest BCUT2D eigenvalue weighted by molar-refractivity contribution is 6.03. The van der Waals surface area contributed by atoms with Crippen molar-refractivity contribution >= 4 is 11.7 Å². The van der Waals surface area contributed by atoms with E-state index < -0.39 is 17.8 Å². The minimum absolute atomic E-state index is 0.0730. The third kappa shape index (κ3) is 4.32. The van der Waals surface area contributed by atoms with E-state index >= 15 is 0 Å². The van der Waals surface area contributed by atoms with E-state index in [1.54, 1.807) is 12.1 Å². The van der Waals surface area contributed by atoms with E-state index in [9.17, 15) is 18.0 Å². The zero-order chi connectivity index (χ0) is 22.7. The fraction of sp³-hybridized carbons (Fsp3) is 0.0455. The lowest BCUT2D eigenvalue weighted by atomic mass is 10.1. The van der Waals surface area contributed by atoms with Gasteiger partial charge in [0.05, 0.1) is 29.2 Å². The van der Waals surface area contributed by atoms with Crippen molar-refractivity contribution in [3.05, 3.63) is 90.0 Å². The van der Waals surface area contributed by atoms with Gasteiger partial charge in [-0.1, -0.05) is 0 Å². The number of amides is 1. The van der Waals surface area contributed by atoms with E-state index in [2.05, 4.69) is 20.4 Å². The van der Waals surface area contributed by atoms with Crippen LogP contribution in [0.5, 0.6) is 0 Å². The van der Waals surface area contributed by atoms with Crippen molar-refractivity contribution in [3.63, 3.8) is 0 Å². The molecule has 0 unspecified atom stereocenters. The molecule has 4 aromatic rings. The molecule has 0 spiro atoms. The SMILES string of the molecule is N#Cc1ccc(C(=O)Nc2ccc(-n3nc(-c4cccnc4)cc3C(F)(F)F)cn2)cc1. The molecule has 1 N–H and O–H groups in total. The summed E-state index contributed by atoms with van der Waals surface area (Å²) in [6.07, 6.45) is -0.521. The topological polar surface area (TPSA) is 96.5 Å². The highest BCUT2D eigenvalue weighted by Crippen LogP contribution is 2.33. The zero-order valence-corrected chi connectivity index (χ0v) is 16.2. The fourth-order valence-corrected chi connectivity index (χ4v) is 2.91. The monoisotopic (exact) mass is 434 g/mol. The Labute approximate surface area is 179 Å². The van der Waals surface area contributed by atoms with Gasteiger partial charge in [-0.25, -0.2) is 9.67 Å². The lowest BCUT2D eigenvalue weighted by molar-refractivity contribution is -0.142.